The number of nitrogens with zero attached hydrogens (tertiary/aromatic N) is 4. The molecule has 2 aromatic heterocycles. The lowest BCUT2D eigenvalue weighted by atomic mass is 10.3. The third-order valence-electron chi connectivity index (χ3n) is 3.42. The van der Waals surface area contributed by atoms with Crippen LogP contribution in [0.25, 0.3) is 10.2 Å². The molecule has 0 spiro atoms. The van der Waals surface area contributed by atoms with Crippen LogP contribution in [0.4, 0.5) is 5.69 Å². The first kappa shape index (κ1) is 17.0. The summed E-state index contributed by atoms with van der Waals surface area (Å²) in [4.78, 5) is 32.3. The number of aryl methyl sites for hydroxylation is 2. The minimum Gasteiger partial charge on any atom is -0.305 e. The first-order chi connectivity index (χ1) is 11.9. The predicted octanol–water partition coefficient (Wildman–Crippen LogP) is 3.06. The second kappa shape index (κ2) is 6.58. The van der Waals surface area contributed by atoms with E-state index < -0.39 is 10.8 Å². The fraction of sp³-hybridized carbons (Fsp3) is 0.188. The predicted molar refractivity (Wildman–Crippen MR) is 96.8 cm³/mol. The van der Waals surface area contributed by atoms with E-state index in [9.17, 15) is 14.9 Å². The summed E-state index contributed by atoms with van der Waals surface area (Å²) >= 11 is 2.48. The lowest BCUT2D eigenvalue weighted by Crippen LogP contribution is -2.16. The van der Waals surface area contributed by atoms with Crippen molar-refractivity contribution >= 4 is 44.5 Å². The van der Waals surface area contributed by atoms with Gasteiger partial charge >= 0.3 is 0 Å². The normalized spacial score (nSPS) is 11.6. The van der Waals surface area contributed by atoms with E-state index in [0.29, 0.717) is 25.6 Å². The Morgan fingerprint density at radius 3 is 2.80 bits per heavy atom. The molecule has 0 aliphatic carbocycles. The van der Waals surface area contributed by atoms with Crippen molar-refractivity contribution in [2.45, 2.75) is 20.4 Å². The molecule has 126 valence electrons. The Kier molecular flexibility index (Phi) is 4.48. The lowest BCUT2D eigenvalue weighted by molar-refractivity contribution is -0.384. The van der Waals surface area contributed by atoms with E-state index in [1.54, 1.807) is 17.6 Å². The fourth-order valence-corrected chi connectivity index (χ4v) is 4.24. The van der Waals surface area contributed by atoms with E-state index in [0.717, 1.165) is 5.01 Å². The molecule has 0 bridgehead atoms. The number of rotatable bonds is 3. The molecule has 1 amide bonds. The van der Waals surface area contributed by atoms with Crippen LogP contribution >= 0.6 is 22.7 Å². The Morgan fingerprint density at radius 1 is 1.44 bits per heavy atom. The van der Waals surface area contributed by atoms with Crippen molar-refractivity contribution < 1.29 is 9.72 Å². The topological polar surface area (TPSA) is 90.4 Å². The molecule has 0 N–H and O–H groups in total. The Labute approximate surface area is 150 Å². The van der Waals surface area contributed by atoms with Gasteiger partial charge in [-0.1, -0.05) is 17.3 Å². The molecule has 3 rings (SSSR count). The van der Waals surface area contributed by atoms with Gasteiger partial charge in [0, 0.05) is 12.1 Å². The molecule has 9 heteroatoms. The standard InChI is InChI=1S/C16H12N4O3S2/c1-4-7-19-12-6-5-11(20(22)23)8-13(12)25-16(19)18-15(21)14-9(2)17-10(3)24-14/h1,5-6,8H,7H2,2-3H3. The highest BCUT2D eigenvalue weighted by Crippen LogP contribution is 2.23. The first-order valence-electron chi connectivity index (χ1n) is 7.15. The second-order valence-electron chi connectivity index (χ2n) is 5.15. The SMILES string of the molecule is C#CCn1c(=NC(=O)c2sc(C)nc2C)sc2cc([N+](=O)[O-])ccc21. The van der Waals surface area contributed by atoms with E-state index in [1.807, 2.05) is 6.92 Å². The molecule has 0 unspecified atom stereocenters. The van der Waals surface area contributed by atoms with Crippen molar-refractivity contribution in [1.82, 2.24) is 9.55 Å². The number of nitro benzene ring substituents is 1. The van der Waals surface area contributed by atoms with Crippen LogP contribution < -0.4 is 4.80 Å². The van der Waals surface area contributed by atoms with Crippen LogP contribution in [0.15, 0.2) is 23.2 Å². The number of hydrogen-bond donors (Lipinski definition) is 0. The minimum atomic E-state index is -0.462. The number of terminal acetylenes is 1. The summed E-state index contributed by atoms with van der Waals surface area (Å²) in [5, 5.41) is 11.7. The van der Waals surface area contributed by atoms with Crippen LogP contribution in [0.1, 0.15) is 20.4 Å². The zero-order chi connectivity index (χ0) is 18.1. The van der Waals surface area contributed by atoms with Crippen molar-refractivity contribution in [2.75, 3.05) is 0 Å². The highest BCUT2D eigenvalue weighted by Gasteiger charge is 2.15. The molecule has 0 fully saturated rings. The molecule has 0 saturated heterocycles. The van der Waals surface area contributed by atoms with E-state index in [1.165, 1.54) is 34.8 Å². The van der Waals surface area contributed by atoms with Crippen LogP contribution in [-0.2, 0) is 6.54 Å². The average molecular weight is 372 g/mol. The highest BCUT2D eigenvalue weighted by atomic mass is 32.1. The highest BCUT2D eigenvalue weighted by molar-refractivity contribution is 7.16. The van der Waals surface area contributed by atoms with Crippen LogP contribution in [0, 0.1) is 36.3 Å². The van der Waals surface area contributed by atoms with Gasteiger partial charge in [-0.15, -0.1) is 17.8 Å². The van der Waals surface area contributed by atoms with Gasteiger partial charge in [-0.05, 0) is 19.9 Å². The van der Waals surface area contributed by atoms with Crippen LogP contribution in [-0.4, -0.2) is 20.4 Å². The number of aromatic nitrogens is 2. The largest absolute Gasteiger partial charge is 0.305 e. The van der Waals surface area contributed by atoms with Gasteiger partial charge in [0.25, 0.3) is 11.6 Å². The molecular formula is C16H12N4O3S2. The van der Waals surface area contributed by atoms with Crippen molar-refractivity contribution in [3.63, 3.8) is 0 Å². The molecule has 0 radical (unpaired) electrons. The van der Waals surface area contributed by atoms with Gasteiger partial charge < -0.3 is 4.57 Å². The zero-order valence-electron chi connectivity index (χ0n) is 13.3. The van der Waals surface area contributed by atoms with Crippen molar-refractivity contribution in [2.24, 2.45) is 4.99 Å². The summed E-state index contributed by atoms with van der Waals surface area (Å²) in [5.41, 5.74) is 1.32. The number of carbonyl (C=O) groups is 1. The molecule has 7 nitrogen and oxygen atoms in total. The zero-order valence-corrected chi connectivity index (χ0v) is 15.0. The summed E-state index contributed by atoms with van der Waals surface area (Å²) in [6.07, 6.45) is 5.42. The Balaban J connectivity index is 2.18. The second-order valence-corrected chi connectivity index (χ2v) is 7.36. The molecule has 1 aromatic carbocycles. The van der Waals surface area contributed by atoms with Gasteiger partial charge in [0.2, 0.25) is 0 Å². The van der Waals surface area contributed by atoms with Crippen molar-refractivity contribution in [3.05, 3.63) is 48.7 Å². The summed E-state index contributed by atoms with van der Waals surface area (Å²) < 4.78 is 2.35. The number of thiazole rings is 2. The number of non-ortho nitro benzene ring substituents is 1. The van der Waals surface area contributed by atoms with Gasteiger partial charge in [-0.3, -0.25) is 14.9 Å². The summed E-state index contributed by atoms with van der Waals surface area (Å²) in [5.74, 6) is 2.13. The van der Waals surface area contributed by atoms with E-state index in [2.05, 4.69) is 15.9 Å². The molecule has 0 saturated carbocycles. The maximum Gasteiger partial charge on any atom is 0.291 e. The molecule has 25 heavy (non-hydrogen) atoms. The summed E-state index contributed by atoms with van der Waals surface area (Å²) in [6.45, 7) is 3.80. The third kappa shape index (κ3) is 3.22. The van der Waals surface area contributed by atoms with E-state index in [4.69, 9.17) is 6.42 Å². The van der Waals surface area contributed by atoms with Crippen molar-refractivity contribution in [1.29, 1.82) is 0 Å². The summed E-state index contributed by atoms with van der Waals surface area (Å²) in [7, 11) is 0. The molecule has 0 atom stereocenters. The first-order valence-corrected chi connectivity index (χ1v) is 8.78. The molecular weight excluding hydrogens is 360 g/mol. The van der Waals surface area contributed by atoms with E-state index >= 15 is 0 Å². The number of hydrogen-bond acceptors (Lipinski definition) is 6. The maximum absolute atomic E-state index is 12.5. The Morgan fingerprint density at radius 2 is 2.20 bits per heavy atom. The molecule has 3 aromatic rings. The van der Waals surface area contributed by atoms with E-state index in [-0.39, 0.29) is 12.2 Å². The summed E-state index contributed by atoms with van der Waals surface area (Å²) in [6, 6.07) is 4.48. The van der Waals surface area contributed by atoms with Gasteiger partial charge in [0.05, 0.1) is 32.4 Å². The molecule has 2 heterocycles. The minimum absolute atomic E-state index is 0.0200. The smallest absolute Gasteiger partial charge is 0.291 e. The average Bonchev–Trinajstić information content (AvgIpc) is 3.07. The number of carbonyl (C=O) groups excluding carboxylic acids is 1. The van der Waals surface area contributed by atoms with Gasteiger partial charge in [-0.25, -0.2) is 4.98 Å². The number of amides is 1. The van der Waals surface area contributed by atoms with Gasteiger partial charge in [0.15, 0.2) is 4.80 Å². The van der Waals surface area contributed by atoms with Crippen molar-refractivity contribution in [3.8, 4) is 12.3 Å². The lowest BCUT2D eigenvalue weighted by Gasteiger charge is -1.99. The quantitative estimate of drug-likeness (QED) is 0.401. The monoisotopic (exact) mass is 372 g/mol. The van der Waals surface area contributed by atoms with Crippen LogP contribution in [0.2, 0.25) is 0 Å². The Hall–Kier alpha value is -2.83. The fourth-order valence-electron chi connectivity index (χ4n) is 2.37. The van der Waals surface area contributed by atoms with Gasteiger partial charge in [-0.2, -0.15) is 4.99 Å². The number of benzene rings is 1. The van der Waals surface area contributed by atoms with Crippen LogP contribution in [0.5, 0.6) is 0 Å². The third-order valence-corrected chi connectivity index (χ3v) is 5.52. The van der Waals surface area contributed by atoms with Crippen LogP contribution in [0.3, 0.4) is 0 Å². The Bertz CT molecular complexity index is 1110. The molecule has 0 aliphatic heterocycles. The maximum atomic E-state index is 12.5. The number of nitro groups is 1. The molecule has 0 aliphatic rings. The van der Waals surface area contributed by atoms with Gasteiger partial charge in [0.1, 0.15) is 4.88 Å². The number of fused-ring (bicyclic) bond motifs is 1.